The van der Waals surface area contributed by atoms with Crippen LogP contribution in [0.1, 0.15) is 12.5 Å². The number of carbonyl (C=O) groups is 1. The van der Waals surface area contributed by atoms with Gasteiger partial charge in [-0.1, -0.05) is 29.3 Å². The summed E-state index contributed by atoms with van der Waals surface area (Å²) in [6.45, 7) is 3.09. The minimum absolute atomic E-state index is 0.00366. The highest BCUT2D eigenvalue weighted by Gasteiger charge is 2.33. The lowest BCUT2D eigenvalue weighted by molar-refractivity contribution is -0.112. The summed E-state index contributed by atoms with van der Waals surface area (Å²) in [7, 11) is -4.04. The Labute approximate surface area is 156 Å². The van der Waals surface area contributed by atoms with Gasteiger partial charge in [-0.05, 0) is 67.4 Å². The highest BCUT2D eigenvalue weighted by atomic mass is 35.5. The zero-order chi connectivity index (χ0) is 18.1. The average molecular weight is 407 g/mol. The molecule has 0 spiro atoms. The van der Waals surface area contributed by atoms with Crippen molar-refractivity contribution in [1.82, 2.24) is 0 Å². The van der Waals surface area contributed by atoms with E-state index in [0.29, 0.717) is 21.3 Å². The summed E-state index contributed by atoms with van der Waals surface area (Å²) in [5, 5.41) is -0.00848. The second-order valence-corrected chi connectivity index (χ2v) is 8.15. The van der Waals surface area contributed by atoms with Crippen molar-refractivity contribution in [3.8, 4) is 0 Å². The van der Waals surface area contributed by atoms with Crippen LogP contribution in [0.3, 0.4) is 0 Å². The van der Waals surface area contributed by atoms with Gasteiger partial charge in [0.05, 0.1) is 10.6 Å². The molecule has 2 rings (SSSR count). The summed E-state index contributed by atoms with van der Waals surface area (Å²) < 4.78 is 27.1. The Hall–Kier alpha value is -1.27. The molecule has 0 N–H and O–H groups in total. The third-order valence-electron chi connectivity index (χ3n) is 3.53. The Kier molecular flexibility index (Phi) is 5.81. The summed E-state index contributed by atoms with van der Waals surface area (Å²) in [5.74, 6) is 0. The fourth-order valence-electron chi connectivity index (χ4n) is 2.19. The molecule has 0 saturated heterocycles. The Morgan fingerprint density at radius 1 is 1.08 bits per heavy atom. The third kappa shape index (κ3) is 3.70. The maximum absolute atomic E-state index is 13.1. The van der Waals surface area contributed by atoms with Crippen LogP contribution in [-0.4, -0.2) is 19.7 Å². The Morgan fingerprint density at radius 3 is 2.21 bits per heavy atom. The molecule has 4 nitrogen and oxygen atoms in total. The van der Waals surface area contributed by atoms with Gasteiger partial charge in [-0.25, -0.2) is 8.42 Å². The van der Waals surface area contributed by atoms with Gasteiger partial charge in [-0.3, -0.25) is 9.10 Å². The molecule has 1 unspecified atom stereocenters. The van der Waals surface area contributed by atoms with Crippen molar-refractivity contribution in [3.63, 3.8) is 0 Å². The molecule has 0 fully saturated rings. The fourth-order valence-corrected chi connectivity index (χ4v) is 4.32. The van der Waals surface area contributed by atoms with Gasteiger partial charge in [-0.15, -0.1) is 0 Å². The molecule has 0 aliphatic heterocycles. The van der Waals surface area contributed by atoms with Crippen molar-refractivity contribution in [2.45, 2.75) is 24.8 Å². The standard InChI is InChI=1S/C16H14Cl3NO3S/c1-10-14(18)4-3-5-15(10)20(11(2)16(19)21)24(22,23)13-8-6-12(17)7-9-13/h3-9,11H,1-2H3. The van der Waals surface area contributed by atoms with Crippen LogP contribution in [0.2, 0.25) is 10.0 Å². The molecule has 128 valence electrons. The van der Waals surface area contributed by atoms with Crippen LogP contribution in [0.15, 0.2) is 47.4 Å². The number of benzene rings is 2. The van der Waals surface area contributed by atoms with Crippen LogP contribution >= 0.6 is 34.8 Å². The smallest absolute Gasteiger partial charge is 0.265 e. The van der Waals surface area contributed by atoms with Crippen LogP contribution in [0.4, 0.5) is 5.69 Å². The summed E-state index contributed by atoms with van der Waals surface area (Å²) in [6.07, 6.45) is 0. The minimum atomic E-state index is -4.04. The Balaban J connectivity index is 2.69. The van der Waals surface area contributed by atoms with Crippen molar-refractivity contribution in [2.75, 3.05) is 4.31 Å². The van der Waals surface area contributed by atoms with E-state index in [2.05, 4.69) is 0 Å². The average Bonchev–Trinajstić information content (AvgIpc) is 2.51. The SMILES string of the molecule is Cc1c(Cl)cccc1N(C(C)C(=O)Cl)S(=O)(=O)c1ccc(Cl)cc1. The Morgan fingerprint density at radius 2 is 1.67 bits per heavy atom. The quantitative estimate of drug-likeness (QED) is 0.679. The van der Waals surface area contributed by atoms with Gasteiger partial charge < -0.3 is 0 Å². The second kappa shape index (κ2) is 7.31. The topological polar surface area (TPSA) is 54.5 Å². The van der Waals surface area contributed by atoms with Crippen LogP contribution in [0.5, 0.6) is 0 Å². The van der Waals surface area contributed by atoms with Gasteiger partial charge in [-0.2, -0.15) is 0 Å². The number of carbonyl (C=O) groups excluding carboxylic acids is 1. The van der Waals surface area contributed by atoms with E-state index in [0.717, 1.165) is 4.31 Å². The zero-order valence-corrected chi connectivity index (χ0v) is 15.9. The first kappa shape index (κ1) is 19.1. The van der Waals surface area contributed by atoms with E-state index in [1.165, 1.54) is 31.2 Å². The van der Waals surface area contributed by atoms with E-state index in [9.17, 15) is 13.2 Å². The normalized spacial score (nSPS) is 12.7. The number of halogens is 3. The van der Waals surface area contributed by atoms with Gasteiger partial charge in [0.2, 0.25) is 5.24 Å². The fraction of sp³-hybridized carbons (Fsp3) is 0.188. The first-order valence-electron chi connectivity index (χ1n) is 6.90. The molecule has 0 aliphatic rings. The highest BCUT2D eigenvalue weighted by molar-refractivity contribution is 7.93. The Bertz CT molecular complexity index is 867. The molecule has 2 aromatic rings. The minimum Gasteiger partial charge on any atom is -0.279 e. The molecule has 0 saturated carbocycles. The van der Waals surface area contributed by atoms with E-state index < -0.39 is 21.3 Å². The molecule has 0 aliphatic carbocycles. The molecule has 0 radical (unpaired) electrons. The van der Waals surface area contributed by atoms with Crippen molar-refractivity contribution in [3.05, 3.63) is 58.1 Å². The number of hydrogen-bond donors (Lipinski definition) is 0. The lowest BCUT2D eigenvalue weighted by Crippen LogP contribution is -2.42. The number of sulfonamides is 1. The summed E-state index contributed by atoms with van der Waals surface area (Å²) in [5.41, 5.74) is 0.820. The second-order valence-electron chi connectivity index (χ2n) is 5.12. The van der Waals surface area contributed by atoms with Crippen LogP contribution in [0.25, 0.3) is 0 Å². The third-order valence-corrected chi connectivity index (χ3v) is 6.40. The molecule has 0 bridgehead atoms. The number of hydrogen-bond acceptors (Lipinski definition) is 3. The molecule has 8 heteroatoms. The van der Waals surface area contributed by atoms with Crippen molar-refractivity contribution in [1.29, 1.82) is 0 Å². The van der Waals surface area contributed by atoms with E-state index >= 15 is 0 Å². The van der Waals surface area contributed by atoms with Gasteiger partial charge >= 0.3 is 0 Å². The molecule has 0 amide bonds. The lowest BCUT2D eigenvalue weighted by atomic mass is 10.2. The van der Waals surface area contributed by atoms with Crippen molar-refractivity contribution >= 4 is 55.8 Å². The molecule has 0 aromatic heterocycles. The molecule has 1 atom stereocenters. The molecule has 2 aromatic carbocycles. The summed E-state index contributed by atoms with van der Waals surface area (Å²) in [4.78, 5) is 11.7. The van der Waals surface area contributed by atoms with E-state index in [1.807, 2.05) is 0 Å². The van der Waals surface area contributed by atoms with Gasteiger partial charge in [0.1, 0.15) is 6.04 Å². The number of anilines is 1. The molecule has 0 heterocycles. The monoisotopic (exact) mass is 405 g/mol. The number of nitrogens with zero attached hydrogens (tertiary/aromatic N) is 1. The molecular formula is C16H14Cl3NO3S. The zero-order valence-electron chi connectivity index (χ0n) is 12.8. The van der Waals surface area contributed by atoms with Crippen LogP contribution in [0, 0.1) is 6.92 Å². The predicted octanol–water partition coefficient (Wildman–Crippen LogP) is 4.65. The van der Waals surface area contributed by atoms with Gasteiger partial charge in [0.25, 0.3) is 10.0 Å². The summed E-state index contributed by atoms with van der Waals surface area (Å²) in [6, 6.07) is 9.39. The van der Waals surface area contributed by atoms with Gasteiger partial charge in [0, 0.05) is 10.0 Å². The largest absolute Gasteiger partial charge is 0.279 e. The summed E-state index contributed by atoms with van der Waals surface area (Å²) >= 11 is 17.5. The van der Waals surface area contributed by atoms with Crippen LogP contribution in [-0.2, 0) is 14.8 Å². The van der Waals surface area contributed by atoms with Gasteiger partial charge in [0.15, 0.2) is 0 Å². The maximum atomic E-state index is 13.1. The lowest BCUT2D eigenvalue weighted by Gasteiger charge is -2.30. The predicted molar refractivity (Wildman–Crippen MR) is 97.6 cm³/mol. The van der Waals surface area contributed by atoms with Crippen LogP contribution < -0.4 is 4.31 Å². The van der Waals surface area contributed by atoms with E-state index in [-0.39, 0.29) is 4.90 Å². The molecular weight excluding hydrogens is 393 g/mol. The van der Waals surface area contributed by atoms with Crippen molar-refractivity contribution in [2.24, 2.45) is 0 Å². The highest BCUT2D eigenvalue weighted by Crippen LogP contribution is 2.33. The molecule has 24 heavy (non-hydrogen) atoms. The maximum Gasteiger partial charge on any atom is 0.265 e. The first-order valence-corrected chi connectivity index (χ1v) is 9.48. The van der Waals surface area contributed by atoms with E-state index in [4.69, 9.17) is 34.8 Å². The van der Waals surface area contributed by atoms with Crippen molar-refractivity contribution < 1.29 is 13.2 Å². The van der Waals surface area contributed by atoms with E-state index in [1.54, 1.807) is 25.1 Å². The first-order chi connectivity index (χ1) is 11.2. The number of rotatable bonds is 5.